The van der Waals surface area contributed by atoms with Crippen LogP contribution in [0.5, 0.6) is 0 Å². The normalized spacial score (nSPS) is 24.1. The van der Waals surface area contributed by atoms with E-state index < -0.39 is 0 Å². The molecular formula is C12H22N2O3. The van der Waals surface area contributed by atoms with Gasteiger partial charge in [0.05, 0.1) is 7.11 Å². The number of carbonyl (C=O) groups is 2. The largest absolute Gasteiger partial charge is 0.469 e. The van der Waals surface area contributed by atoms with Gasteiger partial charge >= 0.3 is 5.97 Å². The number of hydrogen-bond donors (Lipinski definition) is 2. The smallest absolute Gasteiger partial charge is 0.305 e. The van der Waals surface area contributed by atoms with E-state index in [0.29, 0.717) is 19.4 Å². The molecule has 1 saturated carbocycles. The molecule has 0 aromatic rings. The molecule has 0 heterocycles. The molecule has 98 valence electrons. The Labute approximate surface area is 102 Å². The highest BCUT2D eigenvalue weighted by Gasteiger charge is 2.24. The average molecular weight is 242 g/mol. The summed E-state index contributed by atoms with van der Waals surface area (Å²) in [4.78, 5) is 22.6. The summed E-state index contributed by atoms with van der Waals surface area (Å²) in [7, 11) is 1.37. The Morgan fingerprint density at radius 3 is 2.82 bits per heavy atom. The van der Waals surface area contributed by atoms with Crippen LogP contribution in [0.15, 0.2) is 0 Å². The third-order valence-electron chi connectivity index (χ3n) is 3.17. The zero-order valence-electron chi connectivity index (χ0n) is 10.4. The minimum atomic E-state index is -0.237. The van der Waals surface area contributed by atoms with E-state index in [1.165, 1.54) is 7.11 Å². The summed E-state index contributed by atoms with van der Waals surface area (Å²) in [6.45, 7) is 0.527. The lowest BCUT2D eigenvalue weighted by molar-refractivity contribution is -0.140. The number of hydrogen-bond acceptors (Lipinski definition) is 4. The van der Waals surface area contributed by atoms with Gasteiger partial charge in [-0.3, -0.25) is 9.59 Å². The van der Waals surface area contributed by atoms with E-state index in [1.54, 1.807) is 0 Å². The molecule has 1 aliphatic carbocycles. The molecule has 0 aliphatic heterocycles. The van der Waals surface area contributed by atoms with Gasteiger partial charge in [-0.15, -0.1) is 0 Å². The fraction of sp³-hybridized carbons (Fsp3) is 0.833. The van der Waals surface area contributed by atoms with Crippen LogP contribution in [0.25, 0.3) is 0 Å². The first-order valence-corrected chi connectivity index (χ1v) is 6.23. The molecule has 0 aromatic heterocycles. The minimum Gasteiger partial charge on any atom is -0.469 e. The number of ether oxygens (including phenoxy) is 1. The predicted octanol–water partition coefficient (Wildman–Crippen LogP) is 0.573. The van der Waals surface area contributed by atoms with Crippen LogP contribution in [0.2, 0.25) is 0 Å². The van der Waals surface area contributed by atoms with Gasteiger partial charge in [0.15, 0.2) is 0 Å². The Morgan fingerprint density at radius 1 is 1.41 bits per heavy atom. The number of methoxy groups -OCH3 is 1. The second-order valence-corrected chi connectivity index (χ2v) is 4.59. The molecule has 0 radical (unpaired) electrons. The van der Waals surface area contributed by atoms with Crippen molar-refractivity contribution in [1.82, 2.24) is 5.32 Å². The van der Waals surface area contributed by atoms with Crippen LogP contribution in [-0.4, -0.2) is 31.6 Å². The number of esters is 1. The van der Waals surface area contributed by atoms with Crippen LogP contribution in [0.4, 0.5) is 0 Å². The molecule has 0 aromatic carbocycles. The first-order valence-electron chi connectivity index (χ1n) is 6.23. The topological polar surface area (TPSA) is 81.4 Å². The van der Waals surface area contributed by atoms with E-state index in [-0.39, 0.29) is 23.8 Å². The van der Waals surface area contributed by atoms with Gasteiger partial charge in [-0.05, 0) is 25.7 Å². The van der Waals surface area contributed by atoms with Crippen molar-refractivity contribution in [2.75, 3.05) is 13.7 Å². The minimum absolute atomic E-state index is 0.0527. The van der Waals surface area contributed by atoms with Gasteiger partial charge in [-0.1, -0.05) is 6.42 Å². The van der Waals surface area contributed by atoms with Gasteiger partial charge < -0.3 is 15.8 Å². The maximum Gasteiger partial charge on any atom is 0.305 e. The maximum atomic E-state index is 11.8. The molecule has 1 rings (SSSR count). The Balaban J connectivity index is 2.14. The monoisotopic (exact) mass is 242 g/mol. The van der Waals surface area contributed by atoms with E-state index >= 15 is 0 Å². The number of nitrogens with one attached hydrogen (secondary N) is 1. The van der Waals surface area contributed by atoms with Crippen molar-refractivity contribution in [2.24, 2.45) is 11.7 Å². The van der Waals surface area contributed by atoms with E-state index in [1.807, 2.05) is 0 Å². The second-order valence-electron chi connectivity index (χ2n) is 4.59. The fourth-order valence-electron chi connectivity index (χ4n) is 2.16. The lowest BCUT2D eigenvalue weighted by Gasteiger charge is -2.25. The van der Waals surface area contributed by atoms with Gasteiger partial charge in [-0.25, -0.2) is 0 Å². The Kier molecular flexibility index (Phi) is 5.97. The SMILES string of the molecule is COC(=O)CCCNC(=O)C1CCCC(N)C1. The number of nitrogens with two attached hydrogens (primary N) is 1. The molecule has 2 unspecified atom stereocenters. The molecular weight excluding hydrogens is 220 g/mol. The molecule has 5 nitrogen and oxygen atoms in total. The first kappa shape index (κ1) is 14.0. The van der Waals surface area contributed by atoms with Crippen molar-refractivity contribution in [3.05, 3.63) is 0 Å². The van der Waals surface area contributed by atoms with Crippen molar-refractivity contribution < 1.29 is 14.3 Å². The molecule has 0 bridgehead atoms. The average Bonchev–Trinajstić information content (AvgIpc) is 2.34. The van der Waals surface area contributed by atoms with E-state index in [4.69, 9.17) is 5.73 Å². The van der Waals surface area contributed by atoms with Crippen molar-refractivity contribution >= 4 is 11.9 Å². The third-order valence-corrected chi connectivity index (χ3v) is 3.17. The Morgan fingerprint density at radius 2 is 2.18 bits per heavy atom. The zero-order valence-corrected chi connectivity index (χ0v) is 10.4. The molecule has 3 N–H and O–H groups in total. The quantitative estimate of drug-likeness (QED) is 0.545. The molecule has 0 spiro atoms. The maximum absolute atomic E-state index is 11.8. The summed E-state index contributed by atoms with van der Waals surface area (Å²) in [5.74, 6) is -0.110. The summed E-state index contributed by atoms with van der Waals surface area (Å²) in [6.07, 6.45) is 4.73. The molecule has 2 atom stereocenters. The summed E-state index contributed by atoms with van der Waals surface area (Å²) >= 11 is 0. The first-order chi connectivity index (χ1) is 8.13. The summed E-state index contributed by atoms with van der Waals surface area (Å²) in [5, 5.41) is 2.85. The van der Waals surface area contributed by atoms with Gasteiger partial charge in [0, 0.05) is 24.9 Å². The molecule has 0 saturated heterocycles. The van der Waals surface area contributed by atoms with Crippen LogP contribution in [0.1, 0.15) is 38.5 Å². The molecule has 1 aliphatic rings. The van der Waals surface area contributed by atoms with E-state index in [2.05, 4.69) is 10.1 Å². The number of rotatable bonds is 5. The van der Waals surface area contributed by atoms with Gasteiger partial charge in [0.2, 0.25) is 5.91 Å². The fourth-order valence-corrected chi connectivity index (χ4v) is 2.16. The molecule has 17 heavy (non-hydrogen) atoms. The van der Waals surface area contributed by atoms with Crippen LogP contribution in [0.3, 0.4) is 0 Å². The van der Waals surface area contributed by atoms with Crippen LogP contribution in [-0.2, 0) is 14.3 Å². The van der Waals surface area contributed by atoms with Crippen LogP contribution >= 0.6 is 0 Å². The molecule has 1 fully saturated rings. The van der Waals surface area contributed by atoms with E-state index in [9.17, 15) is 9.59 Å². The van der Waals surface area contributed by atoms with Crippen LogP contribution in [0, 0.1) is 5.92 Å². The standard InChI is InChI=1S/C12H22N2O3/c1-17-11(15)6-3-7-14-12(16)9-4-2-5-10(13)8-9/h9-10H,2-8,13H2,1H3,(H,14,16). The van der Waals surface area contributed by atoms with Gasteiger partial charge in [-0.2, -0.15) is 0 Å². The number of carbonyl (C=O) groups excluding carboxylic acids is 2. The third kappa shape index (κ3) is 5.17. The predicted molar refractivity (Wildman–Crippen MR) is 64.2 cm³/mol. The van der Waals surface area contributed by atoms with Crippen molar-refractivity contribution in [3.8, 4) is 0 Å². The Bertz CT molecular complexity index is 268. The lowest BCUT2D eigenvalue weighted by Crippen LogP contribution is -2.38. The highest BCUT2D eigenvalue weighted by Crippen LogP contribution is 2.22. The zero-order chi connectivity index (χ0) is 12.7. The lowest BCUT2D eigenvalue weighted by atomic mass is 9.85. The van der Waals surface area contributed by atoms with E-state index in [0.717, 1.165) is 25.7 Å². The summed E-state index contributed by atoms with van der Waals surface area (Å²) < 4.78 is 4.52. The number of amides is 1. The highest BCUT2D eigenvalue weighted by atomic mass is 16.5. The molecule has 1 amide bonds. The van der Waals surface area contributed by atoms with Crippen molar-refractivity contribution in [3.63, 3.8) is 0 Å². The van der Waals surface area contributed by atoms with Gasteiger partial charge in [0.25, 0.3) is 0 Å². The van der Waals surface area contributed by atoms with Crippen LogP contribution < -0.4 is 11.1 Å². The molecule has 5 heteroatoms. The highest BCUT2D eigenvalue weighted by molar-refractivity contribution is 5.78. The van der Waals surface area contributed by atoms with Crippen molar-refractivity contribution in [2.45, 2.75) is 44.6 Å². The summed E-state index contributed by atoms with van der Waals surface area (Å²) in [5.41, 5.74) is 5.83. The second kappa shape index (κ2) is 7.27. The van der Waals surface area contributed by atoms with Crippen molar-refractivity contribution in [1.29, 1.82) is 0 Å². The summed E-state index contributed by atoms with van der Waals surface area (Å²) in [6, 6.07) is 0.162. The Hall–Kier alpha value is -1.10. The van der Waals surface area contributed by atoms with Gasteiger partial charge in [0.1, 0.15) is 0 Å².